The molecule has 26 heavy (non-hydrogen) atoms. The molecule has 2 aliphatic rings. The fourth-order valence-electron chi connectivity index (χ4n) is 4.42. The van der Waals surface area contributed by atoms with Gasteiger partial charge in [0, 0.05) is 12.8 Å². The summed E-state index contributed by atoms with van der Waals surface area (Å²) in [5, 5.41) is 0. The minimum Gasteiger partial charge on any atom is -0.298 e. The van der Waals surface area contributed by atoms with E-state index in [1.165, 1.54) is 0 Å². The summed E-state index contributed by atoms with van der Waals surface area (Å²) >= 11 is 0. The van der Waals surface area contributed by atoms with E-state index in [0.717, 1.165) is 38.5 Å². The Morgan fingerprint density at radius 1 is 0.615 bits per heavy atom. The van der Waals surface area contributed by atoms with Crippen LogP contribution >= 0.6 is 0 Å². The van der Waals surface area contributed by atoms with E-state index in [4.69, 9.17) is 9.78 Å². The molecule has 0 heterocycles. The Bertz CT molecular complexity index is 503. The summed E-state index contributed by atoms with van der Waals surface area (Å²) in [7, 11) is 0. The second-order valence-electron chi connectivity index (χ2n) is 7.58. The van der Waals surface area contributed by atoms with Crippen LogP contribution in [0.4, 0.5) is 0 Å². The molecule has 146 valence electrons. The van der Waals surface area contributed by atoms with Gasteiger partial charge in [-0.25, -0.2) is 19.4 Å². The van der Waals surface area contributed by atoms with Crippen molar-refractivity contribution in [2.45, 2.75) is 90.9 Å². The van der Waals surface area contributed by atoms with Crippen molar-refractivity contribution < 1.29 is 29.0 Å². The summed E-state index contributed by atoms with van der Waals surface area (Å²) < 4.78 is 0. The molecule has 0 aromatic rings. The fraction of sp³-hybridized carbons (Fsp3) is 0.800. The highest BCUT2D eigenvalue weighted by Crippen LogP contribution is 2.41. The van der Waals surface area contributed by atoms with Crippen LogP contribution in [0.3, 0.4) is 0 Å². The van der Waals surface area contributed by atoms with E-state index in [1.54, 1.807) is 13.8 Å². The average Bonchev–Trinajstić information content (AvgIpc) is 2.71. The number of Topliss-reactive ketones (excluding diaryl/α,β-unsaturated/α-hetero) is 2. The monoisotopic (exact) mass is 366 g/mol. The molecule has 6 heteroatoms. The van der Waals surface area contributed by atoms with Gasteiger partial charge in [0.2, 0.25) is 0 Å². The van der Waals surface area contributed by atoms with Gasteiger partial charge < -0.3 is 0 Å². The Kier molecular flexibility index (Phi) is 6.95. The lowest BCUT2D eigenvalue weighted by Gasteiger charge is -2.34. The van der Waals surface area contributed by atoms with Crippen LogP contribution in [-0.4, -0.2) is 23.5 Å². The van der Waals surface area contributed by atoms with Gasteiger partial charge in [0.05, 0.1) is 0 Å². The van der Waals surface area contributed by atoms with Crippen LogP contribution in [0.15, 0.2) is 0 Å². The molecule has 2 aliphatic carbocycles. The number of rotatable bonds is 6. The highest BCUT2D eigenvalue weighted by Gasteiger charge is 2.50. The Morgan fingerprint density at radius 3 is 1.19 bits per heavy atom. The van der Waals surface area contributed by atoms with Crippen molar-refractivity contribution in [3.05, 3.63) is 0 Å². The summed E-state index contributed by atoms with van der Waals surface area (Å²) in [5.74, 6) is -1.91. The molecular formula is C20H30O6. The quantitative estimate of drug-likeness (QED) is 0.403. The predicted molar refractivity (Wildman–Crippen MR) is 93.8 cm³/mol. The van der Waals surface area contributed by atoms with Crippen LogP contribution in [0.1, 0.15) is 90.9 Å². The minimum absolute atomic E-state index is 0.171. The topological polar surface area (TPSA) is 86.7 Å². The van der Waals surface area contributed by atoms with Crippen molar-refractivity contribution in [1.29, 1.82) is 0 Å². The van der Waals surface area contributed by atoms with Gasteiger partial charge in [-0.2, -0.15) is 0 Å². The minimum atomic E-state index is -1.21. The molecule has 2 rings (SSSR count). The second kappa shape index (κ2) is 8.78. The number of carbonyl (C=O) groups is 4. The SMILES string of the molecule is CCC(=O)C1(C(=O)OOC(=O)C2(C(=O)CC)CCCCC2)CCCCC1. The van der Waals surface area contributed by atoms with E-state index in [1.807, 2.05) is 0 Å². The fourth-order valence-corrected chi connectivity index (χ4v) is 4.42. The van der Waals surface area contributed by atoms with Gasteiger partial charge in [0.25, 0.3) is 0 Å². The van der Waals surface area contributed by atoms with Gasteiger partial charge in [-0.3, -0.25) is 9.59 Å². The smallest absolute Gasteiger partial charge is 0.298 e. The largest absolute Gasteiger partial charge is 0.369 e. The first kappa shape index (κ1) is 20.6. The normalized spacial score (nSPS) is 21.5. The zero-order chi connectivity index (χ0) is 19.2. The van der Waals surface area contributed by atoms with Crippen LogP contribution in [0, 0.1) is 10.8 Å². The van der Waals surface area contributed by atoms with Crippen molar-refractivity contribution >= 4 is 23.5 Å². The predicted octanol–water partition coefficient (Wildman–Crippen LogP) is 3.85. The highest BCUT2D eigenvalue weighted by atomic mass is 17.2. The van der Waals surface area contributed by atoms with E-state index in [9.17, 15) is 19.2 Å². The third-order valence-corrected chi connectivity index (χ3v) is 6.10. The summed E-state index contributed by atoms with van der Waals surface area (Å²) in [6.45, 7) is 3.43. The van der Waals surface area contributed by atoms with E-state index in [2.05, 4.69) is 0 Å². The highest BCUT2D eigenvalue weighted by molar-refractivity contribution is 6.05. The molecule has 0 aliphatic heterocycles. The van der Waals surface area contributed by atoms with Crippen molar-refractivity contribution in [2.75, 3.05) is 0 Å². The van der Waals surface area contributed by atoms with Crippen molar-refractivity contribution in [2.24, 2.45) is 10.8 Å². The van der Waals surface area contributed by atoms with Gasteiger partial charge in [-0.05, 0) is 25.7 Å². The summed E-state index contributed by atoms with van der Waals surface area (Å²) in [6.07, 6.45) is 7.21. The Balaban J connectivity index is 2.09. The summed E-state index contributed by atoms with van der Waals surface area (Å²) in [4.78, 5) is 59.9. The molecule has 0 N–H and O–H groups in total. The lowest BCUT2D eigenvalue weighted by Crippen LogP contribution is -2.45. The molecule has 0 saturated heterocycles. The van der Waals surface area contributed by atoms with Crippen LogP contribution in [0.25, 0.3) is 0 Å². The van der Waals surface area contributed by atoms with Crippen LogP contribution in [0.5, 0.6) is 0 Å². The standard InChI is InChI=1S/C20H30O6/c1-3-15(21)19(11-7-5-8-12-19)17(23)25-26-18(24)20(16(22)4-2)13-9-6-10-14-20/h3-14H2,1-2H3. The molecule has 0 amide bonds. The van der Waals surface area contributed by atoms with Gasteiger partial charge in [-0.15, -0.1) is 0 Å². The van der Waals surface area contributed by atoms with Gasteiger partial charge in [-0.1, -0.05) is 52.4 Å². The van der Waals surface area contributed by atoms with Crippen molar-refractivity contribution in [3.63, 3.8) is 0 Å². The third kappa shape index (κ3) is 3.84. The Labute approximate surface area is 154 Å². The maximum absolute atomic E-state index is 12.6. The molecule has 0 atom stereocenters. The number of carbonyl (C=O) groups excluding carboxylic acids is 4. The molecule has 2 fully saturated rings. The average molecular weight is 366 g/mol. The zero-order valence-corrected chi connectivity index (χ0v) is 15.9. The van der Waals surface area contributed by atoms with Crippen molar-refractivity contribution in [3.8, 4) is 0 Å². The second-order valence-corrected chi connectivity index (χ2v) is 7.58. The van der Waals surface area contributed by atoms with Gasteiger partial charge in [0.1, 0.15) is 22.4 Å². The van der Waals surface area contributed by atoms with Gasteiger partial charge >= 0.3 is 11.9 Å². The van der Waals surface area contributed by atoms with E-state index < -0.39 is 22.8 Å². The molecule has 0 spiro atoms. The van der Waals surface area contributed by atoms with E-state index in [0.29, 0.717) is 25.7 Å². The molecule has 0 radical (unpaired) electrons. The number of ketones is 2. The molecule has 0 bridgehead atoms. The molecular weight excluding hydrogens is 336 g/mol. The van der Waals surface area contributed by atoms with Crippen molar-refractivity contribution in [1.82, 2.24) is 0 Å². The Hall–Kier alpha value is -1.72. The molecule has 6 nitrogen and oxygen atoms in total. The first-order valence-electron chi connectivity index (χ1n) is 9.93. The maximum Gasteiger partial charge on any atom is 0.369 e. The van der Waals surface area contributed by atoms with E-state index >= 15 is 0 Å². The first-order chi connectivity index (χ1) is 12.4. The maximum atomic E-state index is 12.6. The van der Waals surface area contributed by atoms with Crippen LogP contribution in [0.2, 0.25) is 0 Å². The van der Waals surface area contributed by atoms with Crippen LogP contribution in [-0.2, 0) is 29.0 Å². The molecule has 0 aromatic heterocycles. The lowest BCUT2D eigenvalue weighted by atomic mass is 9.70. The first-order valence-corrected chi connectivity index (χ1v) is 9.93. The zero-order valence-electron chi connectivity index (χ0n) is 15.9. The number of hydrogen-bond acceptors (Lipinski definition) is 6. The summed E-state index contributed by atoms with van der Waals surface area (Å²) in [5.41, 5.74) is -2.41. The van der Waals surface area contributed by atoms with Crippen LogP contribution < -0.4 is 0 Å². The van der Waals surface area contributed by atoms with Gasteiger partial charge in [0.15, 0.2) is 0 Å². The van der Waals surface area contributed by atoms with E-state index in [-0.39, 0.29) is 24.4 Å². The molecule has 0 unspecified atom stereocenters. The third-order valence-electron chi connectivity index (χ3n) is 6.10. The number of hydrogen-bond donors (Lipinski definition) is 0. The lowest BCUT2D eigenvalue weighted by molar-refractivity contribution is -0.273. The summed E-state index contributed by atoms with van der Waals surface area (Å²) in [6, 6.07) is 0. The molecule has 2 saturated carbocycles. The molecule has 0 aromatic carbocycles. The Morgan fingerprint density at radius 2 is 0.923 bits per heavy atom.